The van der Waals surface area contributed by atoms with Crippen molar-refractivity contribution in [3.05, 3.63) is 33.9 Å². The van der Waals surface area contributed by atoms with Crippen LogP contribution in [-0.2, 0) is 9.84 Å². The van der Waals surface area contributed by atoms with E-state index in [2.05, 4.69) is 5.32 Å². The normalized spacial score (nSPS) is 20.0. The van der Waals surface area contributed by atoms with Gasteiger partial charge in [-0.1, -0.05) is 6.92 Å². The van der Waals surface area contributed by atoms with Gasteiger partial charge in [0.2, 0.25) is 0 Å². The number of nitrogens with one attached hydrogen (secondary N) is 1. The summed E-state index contributed by atoms with van der Waals surface area (Å²) in [4.78, 5) is 10.5. The first kappa shape index (κ1) is 16.7. The molecule has 1 atom stereocenters. The van der Waals surface area contributed by atoms with Crippen molar-refractivity contribution in [3.63, 3.8) is 0 Å². The lowest BCUT2D eigenvalue weighted by Gasteiger charge is -2.37. The molecule has 1 aromatic carbocycles. The quantitative estimate of drug-likeness (QED) is 0.657. The maximum Gasteiger partial charge on any atom is 0.270 e. The summed E-state index contributed by atoms with van der Waals surface area (Å²) in [7, 11) is -3.17. The molecule has 1 aromatic rings. The van der Waals surface area contributed by atoms with Crippen LogP contribution in [0.25, 0.3) is 0 Å². The maximum absolute atomic E-state index is 11.7. The number of hydrogen-bond donors (Lipinski definition) is 1. The summed E-state index contributed by atoms with van der Waals surface area (Å²) in [5, 5.41) is 13.9. The van der Waals surface area contributed by atoms with Gasteiger partial charge in [-0.2, -0.15) is 0 Å². The molecule has 1 aliphatic rings. The average Bonchev–Trinajstić information content (AvgIpc) is 2.43. The third-order valence-electron chi connectivity index (χ3n) is 3.65. The van der Waals surface area contributed by atoms with Crippen LogP contribution in [0.5, 0.6) is 5.75 Å². The number of fused-ring (bicyclic) bond motifs is 1. The van der Waals surface area contributed by atoms with E-state index in [0.717, 1.165) is 0 Å². The third-order valence-corrected chi connectivity index (χ3v) is 5.14. The van der Waals surface area contributed by atoms with Gasteiger partial charge in [0.05, 0.1) is 10.8 Å². The van der Waals surface area contributed by atoms with Crippen LogP contribution in [0.15, 0.2) is 18.2 Å². The molecular weight excluding hydrogens is 308 g/mol. The minimum Gasteiger partial charge on any atom is -0.487 e. The molecule has 122 valence electrons. The Labute approximate surface area is 129 Å². The molecule has 0 bridgehead atoms. The minimum absolute atomic E-state index is 0.0350. The molecule has 1 heterocycles. The Morgan fingerprint density at radius 1 is 1.45 bits per heavy atom. The van der Waals surface area contributed by atoms with Crippen molar-refractivity contribution in [2.75, 3.05) is 11.6 Å². The van der Waals surface area contributed by atoms with Crippen LogP contribution in [0.2, 0.25) is 0 Å². The molecule has 0 spiro atoms. The standard InChI is InChI=1S/C14H20N2O5S/c1-4-22(19,20)9-15-12-8-14(2,3)21-13-6-5-10(16(17)18)7-11(12)13/h5-7,12,15H,4,8-9H2,1-3H3. The first-order chi connectivity index (χ1) is 10.1. The van der Waals surface area contributed by atoms with E-state index in [1.54, 1.807) is 13.0 Å². The SMILES string of the molecule is CCS(=O)(=O)CNC1CC(C)(C)Oc2ccc([N+](=O)[O-])cc21. The lowest BCUT2D eigenvalue weighted by molar-refractivity contribution is -0.385. The number of non-ortho nitro benzene ring substituents is 1. The van der Waals surface area contributed by atoms with Gasteiger partial charge in [0, 0.05) is 35.9 Å². The Hall–Kier alpha value is -1.67. The Balaban J connectivity index is 2.34. The highest BCUT2D eigenvalue weighted by atomic mass is 32.2. The monoisotopic (exact) mass is 328 g/mol. The van der Waals surface area contributed by atoms with E-state index in [1.165, 1.54) is 12.1 Å². The van der Waals surface area contributed by atoms with Crippen LogP contribution < -0.4 is 10.1 Å². The van der Waals surface area contributed by atoms with Gasteiger partial charge < -0.3 is 4.74 Å². The van der Waals surface area contributed by atoms with Crippen LogP contribution in [0.1, 0.15) is 38.8 Å². The number of benzene rings is 1. The summed E-state index contributed by atoms with van der Waals surface area (Å²) >= 11 is 0. The summed E-state index contributed by atoms with van der Waals surface area (Å²) < 4.78 is 29.2. The van der Waals surface area contributed by atoms with Crippen LogP contribution >= 0.6 is 0 Å². The molecule has 0 saturated heterocycles. The van der Waals surface area contributed by atoms with E-state index in [0.29, 0.717) is 17.7 Å². The zero-order valence-corrected chi connectivity index (χ0v) is 13.6. The largest absolute Gasteiger partial charge is 0.487 e. The summed E-state index contributed by atoms with van der Waals surface area (Å²) in [6.07, 6.45) is 0.528. The molecule has 0 amide bonds. The average molecular weight is 328 g/mol. The van der Waals surface area contributed by atoms with Crippen molar-refractivity contribution < 1.29 is 18.1 Å². The highest BCUT2D eigenvalue weighted by Gasteiger charge is 2.35. The van der Waals surface area contributed by atoms with E-state index in [4.69, 9.17) is 4.74 Å². The van der Waals surface area contributed by atoms with Crippen LogP contribution in [0.4, 0.5) is 5.69 Å². The number of nitro benzene ring substituents is 1. The Bertz CT molecular complexity index is 684. The number of nitrogens with zero attached hydrogens (tertiary/aromatic N) is 1. The van der Waals surface area contributed by atoms with Gasteiger partial charge in [-0.3, -0.25) is 15.4 Å². The molecule has 0 aliphatic carbocycles. The summed E-state index contributed by atoms with van der Waals surface area (Å²) in [5.74, 6) is 0.439. The molecule has 22 heavy (non-hydrogen) atoms. The Morgan fingerprint density at radius 2 is 2.14 bits per heavy atom. The van der Waals surface area contributed by atoms with Crippen LogP contribution in [0.3, 0.4) is 0 Å². The molecule has 2 rings (SSSR count). The van der Waals surface area contributed by atoms with Crippen molar-refractivity contribution in [3.8, 4) is 5.75 Å². The summed E-state index contributed by atoms with van der Waals surface area (Å²) in [6.45, 7) is 5.39. The topological polar surface area (TPSA) is 98.5 Å². The number of hydrogen-bond acceptors (Lipinski definition) is 6. The fraction of sp³-hybridized carbons (Fsp3) is 0.571. The predicted octanol–water partition coefficient (Wildman–Crippen LogP) is 2.18. The van der Waals surface area contributed by atoms with Gasteiger partial charge in [0.15, 0.2) is 9.84 Å². The second kappa shape index (κ2) is 5.85. The molecule has 8 heteroatoms. The van der Waals surface area contributed by atoms with E-state index < -0.39 is 20.4 Å². The number of sulfone groups is 1. The molecule has 7 nitrogen and oxygen atoms in total. The second-order valence-electron chi connectivity index (χ2n) is 5.98. The lowest BCUT2D eigenvalue weighted by Crippen LogP contribution is -2.41. The number of rotatable bonds is 5. The van der Waals surface area contributed by atoms with Crippen molar-refractivity contribution in [2.45, 2.75) is 38.8 Å². The van der Waals surface area contributed by atoms with Gasteiger partial charge in [-0.05, 0) is 19.9 Å². The molecule has 1 unspecified atom stereocenters. The van der Waals surface area contributed by atoms with Gasteiger partial charge in [-0.25, -0.2) is 8.42 Å². The highest BCUT2D eigenvalue weighted by Crippen LogP contribution is 2.41. The van der Waals surface area contributed by atoms with Crippen LogP contribution in [0, 0.1) is 10.1 Å². The summed E-state index contributed by atoms with van der Waals surface area (Å²) in [5.41, 5.74) is 0.114. The van der Waals surface area contributed by atoms with Crippen molar-refractivity contribution >= 4 is 15.5 Å². The Morgan fingerprint density at radius 3 is 2.73 bits per heavy atom. The lowest BCUT2D eigenvalue weighted by atomic mass is 9.89. The molecule has 0 fully saturated rings. The van der Waals surface area contributed by atoms with E-state index in [1.807, 2.05) is 13.8 Å². The fourth-order valence-electron chi connectivity index (χ4n) is 2.47. The van der Waals surface area contributed by atoms with E-state index >= 15 is 0 Å². The number of nitro groups is 1. The highest BCUT2D eigenvalue weighted by molar-refractivity contribution is 7.91. The minimum atomic E-state index is -3.17. The van der Waals surface area contributed by atoms with Crippen molar-refractivity contribution in [2.24, 2.45) is 0 Å². The maximum atomic E-state index is 11.7. The van der Waals surface area contributed by atoms with Gasteiger partial charge in [-0.15, -0.1) is 0 Å². The molecule has 1 aliphatic heterocycles. The van der Waals surface area contributed by atoms with Crippen LogP contribution in [-0.4, -0.2) is 30.6 Å². The van der Waals surface area contributed by atoms with Gasteiger partial charge >= 0.3 is 0 Å². The molecule has 0 saturated carbocycles. The second-order valence-corrected chi connectivity index (χ2v) is 8.33. The zero-order valence-electron chi connectivity index (χ0n) is 12.8. The molecule has 0 radical (unpaired) electrons. The van der Waals surface area contributed by atoms with Gasteiger partial charge in [0.1, 0.15) is 11.4 Å². The predicted molar refractivity (Wildman–Crippen MR) is 82.6 cm³/mol. The first-order valence-electron chi connectivity index (χ1n) is 7.05. The Kier molecular flexibility index (Phi) is 4.44. The molecular formula is C14H20N2O5S. The zero-order chi connectivity index (χ0) is 16.5. The van der Waals surface area contributed by atoms with E-state index in [9.17, 15) is 18.5 Å². The third kappa shape index (κ3) is 3.75. The molecule has 1 N–H and O–H groups in total. The van der Waals surface area contributed by atoms with Crippen molar-refractivity contribution in [1.82, 2.24) is 5.32 Å². The van der Waals surface area contributed by atoms with Crippen molar-refractivity contribution in [1.29, 1.82) is 0 Å². The fourth-order valence-corrected chi connectivity index (χ4v) is 3.13. The summed E-state index contributed by atoms with van der Waals surface area (Å²) in [6, 6.07) is 4.10. The molecule has 0 aromatic heterocycles. The first-order valence-corrected chi connectivity index (χ1v) is 8.87. The van der Waals surface area contributed by atoms with Gasteiger partial charge in [0.25, 0.3) is 5.69 Å². The smallest absolute Gasteiger partial charge is 0.270 e. The van der Waals surface area contributed by atoms with E-state index in [-0.39, 0.29) is 23.4 Å². The number of ether oxygens (including phenoxy) is 1.